The third kappa shape index (κ3) is 4.51. The Morgan fingerprint density at radius 1 is 1.31 bits per heavy atom. The summed E-state index contributed by atoms with van der Waals surface area (Å²) >= 11 is 5.57. The van der Waals surface area contributed by atoms with Gasteiger partial charge in [-0.05, 0) is 12.5 Å². The van der Waals surface area contributed by atoms with Gasteiger partial charge in [0, 0.05) is 18.5 Å². The average molecular weight is 220 g/mol. The average Bonchev–Trinajstić information content (AvgIpc) is 2.15. The summed E-state index contributed by atoms with van der Waals surface area (Å²) in [4.78, 5) is 0. The van der Waals surface area contributed by atoms with Crippen LogP contribution in [0.3, 0.4) is 0 Å². The topological polar surface area (TPSA) is 12.0 Å². The van der Waals surface area contributed by atoms with E-state index in [-0.39, 0.29) is 12.4 Å². The smallest absolute Gasteiger partial charge is 0.0348 e. The summed E-state index contributed by atoms with van der Waals surface area (Å²) in [5.41, 5.74) is 1.31. The van der Waals surface area contributed by atoms with Crippen LogP contribution in [0.2, 0.25) is 0 Å². The maximum atomic E-state index is 5.57. The van der Waals surface area contributed by atoms with Gasteiger partial charge in [0.2, 0.25) is 0 Å². The van der Waals surface area contributed by atoms with Gasteiger partial charge in [0.25, 0.3) is 0 Å². The Bertz CT molecular complexity index is 213. The molecule has 1 aromatic carbocycles. The van der Waals surface area contributed by atoms with Crippen molar-refractivity contribution in [1.29, 1.82) is 0 Å². The van der Waals surface area contributed by atoms with Gasteiger partial charge in [0.1, 0.15) is 0 Å². The second-order valence-corrected chi connectivity index (χ2v) is 3.15. The molecule has 1 aromatic rings. The molecule has 1 rings (SSSR count). The molecular formula is C10H15Cl2N. The van der Waals surface area contributed by atoms with Crippen LogP contribution in [-0.2, 0) is 0 Å². The lowest BCUT2D eigenvalue weighted by molar-refractivity contribution is 0.600. The van der Waals surface area contributed by atoms with Crippen molar-refractivity contribution in [2.75, 3.05) is 12.4 Å². The number of hydrogen-bond donors (Lipinski definition) is 1. The van der Waals surface area contributed by atoms with Crippen LogP contribution in [0.25, 0.3) is 0 Å². The summed E-state index contributed by atoms with van der Waals surface area (Å²) in [6, 6.07) is 10.8. The molecule has 0 aliphatic heterocycles. The first kappa shape index (κ1) is 12.8. The van der Waals surface area contributed by atoms with E-state index in [0.717, 1.165) is 6.54 Å². The summed E-state index contributed by atoms with van der Waals surface area (Å²) in [7, 11) is 0. The van der Waals surface area contributed by atoms with Gasteiger partial charge in [-0.2, -0.15) is 0 Å². The molecule has 0 amide bonds. The van der Waals surface area contributed by atoms with Crippen molar-refractivity contribution in [2.45, 2.75) is 13.0 Å². The molecule has 1 N–H and O–H groups in total. The Morgan fingerprint density at radius 3 is 2.46 bits per heavy atom. The zero-order valence-corrected chi connectivity index (χ0v) is 9.24. The fraction of sp³-hybridized carbons (Fsp3) is 0.400. The van der Waals surface area contributed by atoms with E-state index in [1.807, 2.05) is 18.2 Å². The van der Waals surface area contributed by atoms with Crippen molar-refractivity contribution >= 4 is 24.0 Å². The minimum Gasteiger partial charge on any atom is -0.309 e. The monoisotopic (exact) mass is 219 g/mol. The lowest BCUT2D eigenvalue weighted by atomic mass is 10.1. The van der Waals surface area contributed by atoms with E-state index >= 15 is 0 Å². The molecule has 0 fully saturated rings. The molecule has 0 aliphatic rings. The Kier molecular flexibility index (Phi) is 7.06. The highest BCUT2D eigenvalue weighted by Crippen LogP contribution is 2.10. The van der Waals surface area contributed by atoms with Gasteiger partial charge in [0.05, 0.1) is 0 Å². The molecule has 0 bridgehead atoms. The largest absolute Gasteiger partial charge is 0.309 e. The molecule has 3 heteroatoms. The normalized spacial score (nSPS) is 11.8. The molecule has 74 valence electrons. The highest BCUT2D eigenvalue weighted by Gasteiger charge is 2.01. The zero-order valence-electron chi connectivity index (χ0n) is 7.66. The maximum Gasteiger partial charge on any atom is 0.0348 e. The summed E-state index contributed by atoms with van der Waals surface area (Å²) in [6.07, 6.45) is 0. The number of nitrogens with one attached hydrogen (secondary N) is 1. The molecule has 0 radical (unpaired) electrons. The highest BCUT2D eigenvalue weighted by atomic mass is 35.5. The summed E-state index contributed by atoms with van der Waals surface area (Å²) < 4.78 is 0. The Hall–Kier alpha value is -0.240. The van der Waals surface area contributed by atoms with Crippen molar-refractivity contribution in [1.82, 2.24) is 5.32 Å². The predicted octanol–water partition coefficient (Wildman–Crippen LogP) is 3.00. The van der Waals surface area contributed by atoms with Crippen molar-refractivity contribution < 1.29 is 0 Å². The number of alkyl halides is 1. The van der Waals surface area contributed by atoms with Crippen LogP contribution < -0.4 is 5.32 Å². The molecular weight excluding hydrogens is 205 g/mol. The molecule has 1 unspecified atom stereocenters. The predicted molar refractivity (Wildman–Crippen MR) is 60.8 cm³/mol. The first-order valence-electron chi connectivity index (χ1n) is 4.19. The number of halogens is 2. The molecule has 13 heavy (non-hydrogen) atoms. The highest BCUT2D eigenvalue weighted by molar-refractivity contribution is 6.18. The number of hydrogen-bond acceptors (Lipinski definition) is 1. The Balaban J connectivity index is 0.00000144. The maximum absolute atomic E-state index is 5.57. The van der Waals surface area contributed by atoms with Crippen molar-refractivity contribution in [3.63, 3.8) is 0 Å². The molecule has 0 aromatic heterocycles. The van der Waals surface area contributed by atoms with Crippen molar-refractivity contribution in [3.05, 3.63) is 35.9 Å². The standard InChI is InChI=1S/C10H14ClN.ClH/c1-9(12-8-7-11)10-5-3-2-4-6-10;/h2-6,9,12H,7-8H2,1H3;1H. The van der Waals surface area contributed by atoms with Gasteiger partial charge in [-0.3, -0.25) is 0 Å². The van der Waals surface area contributed by atoms with Crippen molar-refractivity contribution in [2.24, 2.45) is 0 Å². The fourth-order valence-electron chi connectivity index (χ4n) is 1.13. The van der Waals surface area contributed by atoms with Gasteiger partial charge in [-0.1, -0.05) is 30.3 Å². The molecule has 0 spiro atoms. The zero-order chi connectivity index (χ0) is 8.81. The van der Waals surface area contributed by atoms with Gasteiger partial charge in [0.15, 0.2) is 0 Å². The van der Waals surface area contributed by atoms with E-state index in [4.69, 9.17) is 11.6 Å². The van der Waals surface area contributed by atoms with Crippen LogP contribution in [0, 0.1) is 0 Å². The van der Waals surface area contributed by atoms with E-state index in [1.165, 1.54) is 5.56 Å². The van der Waals surface area contributed by atoms with E-state index in [2.05, 4.69) is 24.4 Å². The van der Waals surface area contributed by atoms with Crippen LogP contribution in [0.15, 0.2) is 30.3 Å². The lowest BCUT2D eigenvalue weighted by Crippen LogP contribution is -2.20. The minimum absolute atomic E-state index is 0. The second-order valence-electron chi connectivity index (χ2n) is 2.78. The summed E-state index contributed by atoms with van der Waals surface area (Å²) in [6.45, 7) is 3.00. The Labute approximate surface area is 90.9 Å². The molecule has 0 saturated heterocycles. The third-order valence-electron chi connectivity index (χ3n) is 1.84. The lowest BCUT2D eigenvalue weighted by Gasteiger charge is -2.12. The van der Waals surface area contributed by atoms with Crippen LogP contribution in [0.4, 0.5) is 0 Å². The minimum atomic E-state index is 0. The van der Waals surface area contributed by atoms with E-state index in [9.17, 15) is 0 Å². The molecule has 1 nitrogen and oxygen atoms in total. The van der Waals surface area contributed by atoms with Crippen LogP contribution in [0.5, 0.6) is 0 Å². The molecule has 0 heterocycles. The van der Waals surface area contributed by atoms with Crippen LogP contribution >= 0.6 is 24.0 Å². The van der Waals surface area contributed by atoms with E-state index < -0.39 is 0 Å². The van der Waals surface area contributed by atoms with Crippen LogP contribution in [-0.4, -0.2) is 12.4 Å². The van der Waals surface area contributed by atoms with Gasteiger partial charge >= 0.3 is 0 Å². The second kappa shape index (κ2) is 7.19. The number of benzene rings is 1. The third-order valence-corrected chi connectivity index (χ3v) is 2.03. The summed E-state index contributed by atoms with van der Waals surface area (Å²) in [5.74, 6) is 0.664. The first-order chi connectivity index (χ1) is 5.84. The van der Waals surface area contributed by atoms with Crippen molar-refractivity contribution in [3.8, 4) is 0 Å². The quantitative estimate of drug-likeness (QED) is 0.769. The van der Waals surface area contributed by atoms with Crippen LogP contribution in [0.1, 0.15) is 18.5 Å². The van der Waals surface area contributed by atoms with Gasteiger partial charge < -0.3 is 5.32 Å². The Morgan fingerprint density at radius 2 is 1.92 bits per heavy atom. The molecule has 0 aliphatic carbocycles. The van der Waals surface area contributed by atoms with Gasteiger partial charge in [-0.15, -0.1) is 24.0 Å². The molecule has 0 saturated carbocycles. The van der Waals surface area contributed by atoms with E-state index in [1.54, 1.807) is 0 Å². The van der Waals surface area contributed by atoms with Gasteiger partial charge in [-0.25, -0.2) is 0 Å². The SMILES string of the molecule is CC(NCCCl)c1ccccc1.Cl. The molecule has 1 atom stereocenters. The first-order valence-corrected chi connectivity index (χ1v) is 4.72. The fourth-order valence-corrected chi connectivity index (χ4v) is 1.24. The van der Waals surface area contributed by atoms with E-state index in [0.29, 0.717) is 11.9 Å². The summed E-state index contributed by atoms with van der Waals surface area (Å²) in [5, 5.41) is 3.32. The number of rotatable bonds is 4.